The molecule has 4 rings (SSSR count). The second-order valence-corrected chi connectivity index (χ2v) is 8.21. The van der Waals surface area contributed by atoms with Crippen LogP contribution < -0.4 is 0 Å². The first-order chi connectivity index (χ1) is 14.6. The van der Waals surface area contributed by atoms with Gasteiger partial charge in [-0.3, -0.25) is 0 Å². The summed E-state index contributed by atoms with van der Waals surface area (Å²) in [6, 6.07) is 36.5. The van der Waals surface area contributed by atoms with Crippen LogP contribution in [0.1, 0.15) is 32.3 Å². The van der Waals surface area contributed by atoms with Crippen LogP contribution in [0.2, 0.25) is 0 Å². The normalized spacial score (nSPS) is 13.0. The molecule has 0 heterocycles. The Morgan fingerprint density at radius 2 is 1.00 bits per heavy atom. The second-order valence-electron chi connectivity index (χ2n) is 8.21. The van der Waals surface area contributed by atoms with Gasteiger partial charge in [0.15, 0.2) is 0 Å². The van der Waals surface area contributed by atoms with Gasteiger partial charge >= 0.3 is 0 Å². The Labute approximate surface area is 182 Å². The van der Waals surface area contributed by atoms with E-state index < -0.39 is 5.31 Å². The van der Waals surface area contributed by atoms with Crippen LogP contribution in [0.3, 0.4) is 0 Å². The van der Waals surface area contributed by atoms with E-state index in [2.05, 4.69) is 117 Å². The van der Waals surface area contributed by atoms with Crippen molar-refractivity contribution in [1.82, 2.24) is 0 Å². The van der Waals surface area contributed by atoms with Crippen LogP contribution in [0, 0.1) is 0 Å². The third-order valence-corrected chi connectivity index (χ3v) is 5.80. The van der Waals surface area contributed by atoms with Crippen LogP contribution in [0.25, 0.3) is 33.4 Å². The largest absolute Gasteiger partial charge is 0.0807 e. The summed E-state index contributed by atoms with van der Waals surface area (Å²) in [6.45, 7) is 4.36. The standard InChI is InChI=1S/C29H27B/c1-3-19-29(2,30)28-21-26(23-15-9-5-10-16-23)25(22-13-7-4-8-14-22)20-27(28)24-17-11-6-12-18-24/h4-18,20-21H,3,19H2,1-2H3. The van der Waals surface area contributed by atoms with Crippen molar-refractivity contribution < 1.29 is 0 Å². The maximum absolute atomic E-state index is 6.92. The van der Waals surface area contributed by atoms with E-state index in [1.807, 2.05) is 0 Å². The molecule has 0 aliphatic carbocycles. The van der Waals surface area contributed by atoms with E-state index >= 15 is 0 Å². The highest BCUT2D eigenvalue weighted by Gasteiger charge is 2.25. The second kappa shape index (κ2) is 8.75. The van der Waals surface area contributed by atoms with Crippen molar-refractivity contribution in [2.75, 3.05) is 0 Å². The number of hydrogen-bond acceptors (Lipinski definition) is 0. The first-order valence-corrected chi connectivity index (χ1v) is 10.7. The molecular weight excluding hydrogens is 359 g/mol. The third-order valence-electron chi connectivity index (χ3n) is 5.80. The molecule has 0 aliphatic rings. The molecule has 0 saturated carbocycles. The zero-order chi connectivity index (χ0) is 21.0. The Hall–Kier alpha value is -3.06. The summed E-state index contributed by atoms with van der Waals surface area (Å²) in [4.78, 5) is 0. The SMILES string of the molecule is [B]C(C)(CCC)c1cc(-c2ccccc2)c(-c2ccccc2)cc1-c1ccccc1. The molecule has 0 fully saturated rings. The van der Waals surface area contributed by atoms with Crippen molar-refractivity contribution in [2.45, 2.75) is 32.0 Å². The Morgan fingerprint density at radius 3 is 1.43 bits per heavy atom. The third kappa shape index (κ3) is 4.12. The molecule has 146 valence electrons. The van der Waals surface area contributed by atoms with Crippen LogP contribution in [0.4, 0.5) is 0 Å². The van der Waals surface area contributed by atoms with E-state index in [-0.39, 0.29) is 0 Å². The van der Waals surface area contributed by atoms with E-state index in [4.69, 9.17) is 7.85 Å². The van der Waals surface area contributed by atoms with Crippen molar-refractivity contribution in [3.05, 3.63) is 109 Å². The smallest absolute Gasteiger partial charge is 0.0654 e. The van der Waals surface area contributed by atoms with E-state index in [0.717, 1.165) is 12.8 Å². The average molecular weight is 386 g/mol. The summed E-state index contributed by atoms with van der Waals surface area (Å²) in [5.74, 6) is 0. The van der Waals surface area contributed by atoms with Gasteiger partial charge in [0, 0.05) is 0 Å². The van der Waals surface area contributed by atoms with Gasteiger partial charge in [0.25, 0.3) is 0 Å². The molecule has 0 aromatic heterocycles. The van der Waals surface area contributed by atoms with Crippen LogP contribution in [0.15, 0.2) is 103 Å². The molecule has 30 heavy (non-hydrogen) atoms. The fraction of sp³-hybridized carbons (Fsp3) is 0.172. The lowest BCUT2D eigenvalue weighted by Crippen LogP contribution is -2.23. The zero-order valence-corrected chi connectivity index (χ0v) is 17.8. The first kappa shape index (κ1) is 20.2. The minimum absolute atomic E-state index is 0.404. The molecule has 0 bridgehead atoms. The molecule has 1 unspecified atom stereocenters. The zero-order valence-electron chi connectivity index (χ0n) is 17.8. The molecule has 0 nitrogen and oxygen atoms in total. The Bertz CT molecular complexity index is 1100. The highest BCUT2D eigenvalue weighted by atomic mass is 14.3. The van der Waals surface area contributed by atoms with Gasteiger partial charge in [0.2, 0.25) is 0 Å². The van der Waals surface area contributed by atoms with E-state index in [1.54, 1.807) is 0 Å². The lowest BCUT2D eigenvalue weighted by atomic mass is 9.61. The molecule has 0 spiro atoms. The predicted molar refractivity (Wildman–Crippen MR) is 131 cm³/mol. The van der Waals surface area contributed by atoms with Crippen LogP contribution in [0.5, 0.6) is 0 Å². The first-order valence-electron chi connectivity index (χ1n) is 10.7. The summed E-state index contributed by atoms with van der Waals surface area (Å²) < 4.78 is 0. The summed E-state index contributed by atoms with van der Waals surface area (Å²) in [5, 5.41) is -0.404. The number of benzene rings is 4. The number of rotatable bonds is 6. The van der Waals surface area contributed by atoms with Crippen LogP contribution in [-0.2, 0) is 5.31 Å². The van der Waals surface area contributed by atoms with Crippen LogP contribution >= 0.6 is 0 Å². The fourth-order valence-corrected chi connectivity index (χ4v) is 4.30. The summed E-state index contributed by atoms with van der Waals surface area (Å²) in [5.41, 5.74) is 8.51. The molecule has 0 saturated heterocycles. The minimum Gasteiger partial charge on any atom is -0.0654 e. The molecule has 0 aliphatic heterocycles. The molecule has 4 aromatic carbocycles. The Morgan fingerprint density at radius 1 is 0.600 bits per heavy atom. The van der Waals surface area contributed by atoms with Crippen LogP contribution in [-0.4, -0.2) is 7.85 Å². The molecule has 0 amide bonds. The highest BCUT2D eigenvalue weighted by molar-refractivity contribution is 6.16. The molecule has 1 heteroatoms. The van der Waals surface area contributed by atoms with E-state index in [0.29, 0.717) is 0 Å². The van der Waals surface area contributed by atoms with Crippen molar-refractivity contribution in [3.8, 4) is 33.4 Å². The fourth-order valence-electron chi connectivity index (χ4n) is 4.30. The topological polar surface area (TPSA) is 0 Å². The molecular formula is C29H27B. The van der Waals surface area contributed by atoms with Crippen molar-refractivity contribution in [2.24, 2.45) is 0 Å². The maximum atomic E-state index is 6.92. The average Bonchev–Trinajstić information content (AvgIpc) is 2.80. The summed E-state index contributed by atoms with van der Waals surface area (Å²) in [7, 11) is 6.92. The minimum atomic E-state index is -0.404. The Kier molecular flexibility index (Phi) is 5.90. The highest BCUT2D eigenvalue weighted by Crippen LogP contribution is 2.42. The van der Waals surface area contributed by atoms with E-state index in [1.165, 1.54) is 38.9 Å². The molecule has 2 radical (unpaired) electrons. The summed E-state index contributed by atoms with van der Waals surface area (Å²) >= 11 is 0. The van der Waals surface area contributed by atoms with Crippen molar-refractivity contribution in [3.63, 3.8) is 0 Å². The van der Waals surface area contributed by atoms with Gasteiger partial charge < -0.3 is 0 Å². The predicted octanol–water partition coefficient (Wildman–Crippen LogP) is 7.87. The van der Waals surface area contributed by atoms with E-state index in [9.17, 15) is 0 Å². The molecule has 1 atom stereocenters. The van der Waals surface area contributed by atoms with Gasteiger partial charge in [-0.15, -0.1) is 0 Å². The number of hydrogen-bond donors (Lipinski definition) is 0. The van der Waals surface area contributed by atoms with Crippen molar-refractivity contribution >= 4 is 7.85 Å². The maximum Gasteiger partial charge on any atom is 0.0807 e. The quantitative estimate of drug-likeness (QED) is 0.296. The lowest BCUT2D eigenvalue weighted by molar-refractivity contribution is 0.597. The van der Waals surface area contributed by atoms with Gasteiger partial charge in [0.1, 0.15) is 0 Å². The molecule has 4 aromatic rings. The molecule has 0 N–H and O–H groups in total. The summed E-state index contributed by atoms with van der Waals surface area (Å²) in [6.07, 6.45) is 1.98. The van der Waals surface area contributed by atoms with Gasteiger partial charge in [-0.1, -0.05) is 124 Å². The van der Waals surface area contributed by atoms with Gasteiger partial charge in [0.05, 0.1) is 7.85 Å². The van der Waals surface area contributed by atoms with Gasteiger partial charge in [-0.2, -0.15) is 0 Å². The van der Waals surface area contributed by atoms with Gasteiger partial charge in [-0.05, 0) is 50.3 Å². The lowest BCUT2D eigenvalue weighted by Gasteiger charge is -2.30. The van der Waals surface area contributed by atoms with Gasteiger partial charge in [-0.25, -0.2) is 0 Å². The Balaban J connectivity index is 2.05. The van der Waals surface area contributed by atoms with Crippen molar-refractivity contribution in [1.29, 1.82) is 0 Å². The monoisotopic (exact) mass is 386 g/mol.